The van der Waals surface area contributed by atoms with Crippen LogP contribution in [0.25, 0.3) is 10.9 Å². The first kappa shape index (κ1) is 15.7. The fraction of sp³-hybridized carbons (Fsp3) is 0.444. The molecule has 5 nitrogen and oxygen atoms in total. The van der Waals surface area contributed by atoms with Crippen LogP contribution in [-0.4, -0.2) is 35.6 Å². The highest BCUT2D eigenvalue weighted by molar-refractivity contribution is 5.78. The van der Waals surface area contributed by atoms with Crippen LogP contribution in [0.1, 0.15) is 26.2 Å². The molecule has 1 fully saturated rings. The highest BCUT2D eigenvalue weighted by Gasteiger charge is 2.16. The van der Waals surface area contributed by atoms with E-state index in [2.05, 4.69) is 10.4 Å². The fourth-order valence-electron chi connectivity index (χ4n) is 2.78. The smallest absolute Gasteiger partial charge is 0.234 e. The average Bonchev–Trinajstić information content (AvgIpc) is 3.05. The Kier molecular flexibility index (Phi) is 5.08. The number of ether oxygens (including phenoxy) is 1. The second-order valence-electron chi connectivity index (χ2n) is 6.19. The molecule has 1 aliphatic rings. The lowest BCUT2D eigenvalue weighted by Gasteiger charge is -2.18. The van der Waals surface area contributed by atoms with Gasteiger partial charge < -0.3 is 4.74 Å². The van der Waals surface area contributed by atoms with Gasteiger partial charge in [-0.2, -0.15) is 0 Å². The molecular weight excluding hydrogens is 290 g/mol. The third-order valence-corrected chi connectivity index (χ3v) is 4.01. The van der Waals surface area contributed by atoms with Crippen LogP contribution in [0, 0.1) is 5.92 Å². The Hall–Kier alpha value is -2.14. The molecule has 5 heteroatoms. The van der Waals surface area contributed by atoms with Crippen LogP contribution in [-0.2, 0) is 4.79 Å². The number of para-hydroxylation sites is 1. The van der Waals surface area contributed by atoms with Crippen LogP contribution in [0.15, 0.2) is 36.4 Å². The van der Waals surface area contributed by atoms with Crippen molar-refractivity contribution >= 4 is 16.8 Å². The first-order valence-electron chi connectivity index (χ1n) is 8.24. The summed E-state index contributed by atoms with van der Waals surface area (Å²) >= 11 is 0. The van der Waals surface area contributed by atoms with Gasteiger partial charge in [0.1, 0.15) is 0 Å². The number of nitrogens with one attached hydrogen (secondary N) is 1. The van der Waals surface area contributed by atoms with E-state index in [-0.39, 0.29) is 11.8 Å². The lowest BCUT2D eigenvalue weighted by atomic mass is 10.1. The van der Waals surface area contributed by atoms with Crippen molar-refractivity contribution in [2.45, 2.75) is 26.2 Å². The molecule has 1 aromatic carbocycles. The number of rotatable bonds is 6. The standard InChI is InChI=1S/C18H23N3O2/c1-14(12-17(22)20-21-10-4-5-11-21)13-23-18-9-8-15-6-2-3-7-16(15)19-18/h2-3,6-9,14H,4-5,10-13H2,1H3,(H,20,22). The number of benzene rings is 1. The number of amides is 1. The van der Waals surface area contributed by atoms with Crippen molar-refractivity contribution in [3.05, 3.63) is 36.4 Å². The third-order valence-electron chi connectivity index (χ3n) is 4.01. The van der Waals surface area contributed by atoms with Gasteiger partial charge >= 0.3 is 0 Å². The number of carbonyl (C=O) groups excluding carboxylic acids is 1. The molecule has 0 bridgehead atoms. The van der Waals surface area contributed by atoms with E-state index in [1.165, 1.54) is 0 Å². The van der Waals surface area contributed by atoms with Crippen LogP contribution in [0.3, 0.4) is 0 Å². The van der Waals surface area contributed by atoms with Gasteiger partial charge in [-0.25, -0.2) is 9.99 Å². The van der Waals surface area contributed by atoms with Gasteiger partial charge in [-0.05, 0) is 30.9 Å². The van der Waals surface area contributed by atoms with Gasteiger partial charge in [0, 0.05) is 31.0 Å². The molecule has 1 aliphatic heterocycles. The van der Waals surface area contributed by atoms with E-state index in [0.717, 1.165) is 36.8 Å². The fourth-order valence-corrected chi connectivity index (χ4v) is 2.78. The molecule has 1 atom stereocenters. The molecule has 1 saturated heterocycles. The average molecular weight is 313 g/mol. The summed E-state index contributed by atoms with van der Waals surface area (Å²) in [7, 11) is 0. The quantitative estimate of drug-likeness (QED) is 0.891. The summed E-state index contributed by atoms with van der Waals surface area (Å²) in [5.74, 6) is 0.816. The summed E-state index contributed by atoms with van der Waals surface area (Å²) in [5.41, 5.74) is 3.88. The van der Waals surface area contributed by atoms with E-state index in [1.54, 1.807) is 0 Å². The van der Waals surface area contributed by atoms with E-state index in [0.29, 0.717) is 18.9 Å². The Bertz CT molecular complexity index is 668. The molecule has 23 heavy (non-hydrogen) atoms. The monoisotopic (exact) mass is 313 g/mol. The summed E-state index contributed by atoms with van der Waals surface area (Å²) in [6.45, 7) is 4.42. The number of pyridine rings is 1. The Morgan fingerprint density at radius 2 is 2.04 bits per heavy atom. The summed E-state index contributed by atoms with van der Waals surface area (Å²) in [6, 6.07) is 11.8. The van der Waals surface area contributed by atoms with Gasteiger partial charge in [0.2, 0.25) is 11.8 Å². The second-order valence-corrected chi connectivity index (χ2v) is 6.19. The highest BCUT2D eigenvalue weighted by Crippen LogP contribution is 2.17. The molecule has 0 radical (unpaired) electrons. The van der Waals surface area contributed by atoms with Crippen LogP contribution < -0.4 is 10.2 Å². The van der Waals surface area contributed by atoms with Gasteiger partial charge in [-0.15, -0.1) is 0 Å². The lowest BCUT2D eigenvalue weighted by Crippen LogP contribution is -2.40. The number of hydrogen-bond acceptors (Lipinski definition) is 4. The molecule has 2 heterocycles. The van der Waals surface area contributed by atoms with Crippen molar-refractivity contribution in [2.75, 3.05) is 19.7 Å². The number of nitrogens with zero attached hydrogens (tertiary/aromatic N) is 2. The predicted molar refractivity (Wildman–Crippen MR) is 90.0 cm³/mol. The van der Waals surface area contributed by atoms with Crippen molar-refractivity contribution in [1.82, 2.24) is 15.4 Å². The Labute approximate surface area is 136 Å². The van der Waals surface area contributed by atoms with E-state index in [4.69, 9.17) is 4.74 Å². The molecule has 1 N–H and O–H groups in total. The first-order valence-corrected chi connectivity index (χ1v) is 8.24. The van der Waals surface area contributed by atoms with Gasteiger partial charge in [0.25, 0.3) is 0 Å². The Morgan fingerprint density at radius 1 is 1.26 bits per heavy atom. The van der Waals surface area contributed by atoms with E-state index >= 15 is 0 Å². The maximum atomic E-state index is 12.0. The van der Waals surface area contributed by atoms with Crippen molar-refractivity contribution in [2.24, 2.45) is 5.92 Å². The second kappa shape index (κ2) is 7.42. The maximum absolute atomic E-state index is 12.0. The highest BCUT2D eigenvalue weighted by atomic mass is 16.5. The summed E-state index contributed by atoms with van der Waals surface area (Å²) < 4.78 is 5.74. The normalized spacial score (nSPS) is 16.4. The third kappa shape index (κ3) is 4.42. The molecular formula is C18H23N3O2. The van der Waals surface area contributed by atoms with Crippen molar-refractivity contribution < 1.29 is 9.53 Å². The van der Waals surface area contributed by atoms with Gasteiger partial charge in [0.05, 0.1) is 12.1 Å². The van der Waals surface area contributed by atoms with Crippen LogP contribution in [0.4, 0.5) is 0 Å². The molecule has 2 aromatic rings. The zero-order valence-corrected chi connectivity index (χ0v) is 13.5. The molecule has 0 aliphatic carbocycles. The van der Waals surface area contributed by atoms with E-state index < -0.39 is 0 Å². The lowest BCUT2D eigenvalue weighted by molar-refractivity contribution is -0.126. The number of hydrazine groups is 1. The van der Waals surface area contributed by atoms with Gasteiger partial charge in [-0.1, -0.05) is 25.1 Å². The molecule has 3 rings (SSSR count). The van der Waals surface area contributed by atoms with Crippen LogP contribution in [0.2, 0.25) is 0 Å². The molecule has 0 spiro atoms. The predicted octanol–water partition coefficient (Wildman–Crippen LogP) is 2.77. The zero-order valence-electron chi connectivity index (χ0n) is 13.5. The topological polar surface area (TPSA) is 54.5 Å². The van der Waals surface area contributed by atoms with Gasteiger partial charge in [0.15, 0.2) is 0 Å². The summed E-state index contributed by atoms with van der Waals surface area (Å²) in [6.07, 6.45) is 2.78. The molecule has 1 amide bonds. The Morgan fingerprint density at radius 3 is 2.87 bits per heavy atom. The first-order chi connectivity index (χ1) is 11.2. The number of carbonyl (C=O) groups is 1. The zero-order chi connectivity index (χ0) is 16.1. The number of fused-ring (bicyclic) bond motifs is 1. The molecule has 0 saturated carbocycles. The number of hydrogen-bond donors (Lipinski definition) is 1. The maximum Gasteiger partial charge on any atom is 0.234 e. The number of aromatic nitrogens is 1. The van der Waals surface area contributed by atoms with Gasteiger partial charge in [-0.3, -0.25) is 10.2 Å². The van der Waals surface area contributed by atoms with Crippen molar-refractivity contribution in [3.8, 4) is 5.88 Å². The molecule has 1 unspecified atom stereocenters. The minimum absolute atomic E-state index is 0.0643. The van der Waals surface area contributed by atoms with Crippen molar-refractivity contribution in [3.63, 3.8) is 0 Å². The van der Waals surface area contributed by atoms with Crippen LogP contribution in [0.5, 0.6) is 5.88 Å². The minimum Gasteiger partial charge on any atom is -0.477 e. The largest absolute Gasteiger partial charge is 0.477 e. The molecule has 122 valence electrons. The summed E-state index contributed by atoms with van der Waals surface area (Å²) in [5, 5.41) is 3.10. The summed E-state index contributed by atoms with van der Waals surface area (Å²) in [4.78, 5) is 16.5. The van der Waals surface area contributed by atoms with E-state index in [1.807, 2.05) is 48.3 Å². The van der Waals surface area contributed by atoms with Crippen molar-refractivity contribution in [1.29, 1.82) is 0 Å². The minimum atomic E-state index is 0.0643. The van der Waals surface area contributed by atoms with Crippen LogP contribution >= 0.6 is 0 Å². The molecule has 1 aromatic heterocycles. The Balaban J connectivity index is 1.47. The van der Waals surface area contributed by atoms with E-state index in [9.17, 15) is 4.79 Å². The SMILES string of the molecule is CC(COc1ccc2ccccc2n1)CC(=O)NN1CCCC1.